The second-order valence-electron chi connectivity index (χ2n) is 4.30. The van der Waals surface area contributed by atoms with Gasteiger partial charge in [-0.25, -0.2) is 0 Å². The van der Waals surface area contributed by atoms with E-state index in [0.717, 1.165) is 11.6 Å². The van der Waals surface area contributed by atoms with Gasteiger partial charge in [-0.3, -0.25) is 0 Å². The lowest BCUT2D eigenvalue weighted by Crippen LogP contribution is -2.22. The molecule has 1 unspecified atom stereocenters. The molecule has 0 spiro atoms. The predicted molar refractivity (Wildman–Crippen MR) is 72.1 cm³/mol. The third-order valence-corrected chi connectivity index (χ3v) is 3.07. The molecule has 16 heavy (non-hydrogen) atoms. The van der Waals surface area contributed by atoms with E-state index in [2.05, 4.69) is 38.2 Å². The van der Waals surface area contributed by atoms with Crippen LogP contribution in [0.3, 0.4) is 0 Å². The van der Waals surface area contributed by atoms with E-state index in [4.69, 9.17) is 11.6 Å². The maximum absolute atomic E-state index is 6.07. The van der Waals surface area contributed by atoms with Gasteiger partial charge in [0.15, 0.2) is 0 Å². The first-order chi connectivity index (χ1) is 7.69. The van der Waals surface area contributed by atoms with Crippen molar-refractivity contribution in [1.82, 2.24) is 5.32 Å². The number of halogens is 1. The molecular formula is C14H22ClN. The topological polar surface area (TPSA) is 12.0 Å². The Bertz CT molecular complexity index is 323. The van der Waals surface area contributed by atoms with Gasteiger partial charge in [0.2, 0.25) is 0 Å². The van der Waals surface area contributed by atoms with Crippen LogP contribution in [0.4, 0.5) is 0 Å². The van der Waals surface area contributed by atoms with Crippen molar-refractivity contribution in [3.8, 4) is 0 Å². The number of aryl methyl sites for hydroxylation is 1. The van der Waals surface area contributed by atoms with E-state index in [-0.39, 0.29) is 0 Å². The fraction of sp³-hybridized carbons (Fsp3) is 0.571. The molecule has 1 N–H and O–H groups in total. The van der Waals surface area contributed by atoms with Crippen LogP contribution in [0.25, 0.3) is 0 Å². The van der Waals surface area contributed by atoms with Gasteiger partial charge in [0.1, 0.15) is 0 Å². The zero-order chi connectivity index (χ0) is 12.0. The molecule has 0 aliphatic carbocycles. The number of nitrogens with one attached hydrogen (secondary N) is 1. The molecular weight excluding hydrogens is 218 g/mol. The number of rotatable bonds is 6. The summed E-state index contributed by atoms with van der Waals surface area (Å²) in [5, 5.41) is 4.43. The molecule has 0 amide bonds. The Hall–Kier alpha value is -0.530. The zero-order valence-corrected chi connectivity index (χ0v) is 11.3. The third kappa shape index (κ3) is 3.80. The lowest BCUT2D eigenvalue weighted by Gasteiger charge is -2.20. The Balaban J connectivity index is 2.85. The van der Waals surface area contributed by atoms with Gasteiger partial charge in [-0.15, -0.1) is 0 Å². The molecule has 0 aliphatic heterocycles. The van der Waals surface area contributed by atoms with Gasteiger partial charge < -0.3 is 5.32 Å². The highest BCUT2D eigenvalue weighted by Gasteiger charge is 2.12. The van der Waals surface area contributed by atoms with Crippen LogP contribution in [-0.2, 0) is 0 Å². The average Bonchev–Trinajstić information content (AvgIpc) is 2.28. The van der Waals surface area contributed by atoms with E-state index in [1.807, 2.05) is 6.07 Å². The van der Waals surface area contributed by atoms with E-state index < -0.39 is 0 Å². The molecule has 1 aromatic carbocycles. The summed E-state index contributed by atoms with van der Waals surface area (Å²) >= 11 is 6.07. The van der Waals surface area contributed by atoms with Crippen molar-refractivity contribution in [3.63, 3.8) is 0 Å². The van der Waals surface area contributed by atoms with Crippen molar-refractivity contribution in [3.05, 3.63) is 34.3 Å². The SMILES string of the molecule is CCCNC(CCC)c1cc(Cl)ccc1C. The Morgan fingerprint density at radius 1 is 1.25 bits per heavy atom. The minimum absolute atomic E-state index is 0.448. The van der Waals surface area contributed by atoms with Crippen molar-refractivity contribution >= 4 is 11.6 Å². The smallest absolute Gasteiger partial charge is 0.0409 e. The van der Waals surface area contributed by atoms with Crippen LogP contribution in [0.2, 0.25) is 5.02 Å². The van der Waals surface area contributed by atoms with Crippen molar-refractivity contribution in [1.29, 1.82) is 0 Å². The number of hydrogen-bond acceptors (Lipinski definition) is 1. The van der Waals surface area contributed by atoms with Crippen molar-refractivity contribution in [2.75, 3.05) is 6.54 Å². The molecule has 0 saturated heterocycles. The van der Waals surface area contributed by atoms with Gasteiger partial charge in [0, 0.05) is 11.1 Å². The molecule has 0 saturated carbocycles. The minimum Gasteiger partial charge on any atom is -0.310 e. The lowest BCUT2D eigenvalue weighted by molar-refractivity contribution is 0.492. The van der Waals surface area contributed by atoms with E-state index in [0.29, 0.717) is 6.04 Å². The van der Waals surface area contributed by atoms with Crippen LogP contribution in [0.1, 0.15) is 50.3 Å². The molecule has 1 nitrogen and oxygen atoms in total. The lowest BCUT2D eigenvalue weighted by atomic mass is 9.97. The van der Waals surface area contributed by atoms with Gasteiger partial charge in [-0.2, -0.15) is 0 Å². The Labute approximate surface area is 104 Å². The van der Waals surface area contributed by atoms with E-state index >= 15 is 0 Å². The van der Waals surface area contributed by atoms with Crippen LogP contribution in [0, 0.1) is 6.92 Å². The molecule has 0 bridgehead atoms. The van der Waals surface area contributed by atoms with Gasteiger partial charge in [-0.05, 0) is 49.6 Å². The van der Waals surface area contributed by atoms with Gasteiger partial charge in [0.05, 0.1) is 0 Å². The molecule has 0 fully saturated rings. The maximum Gasteiger partial charge on any atom is 0.0409 e. The average molecular weight is 240 g/mol. The summed E-state index contributed by atoms with van der Waals surface area (Å²) in [6.45, 7) is 7.64. The summed E-state index contributed by atoms with van der Waals surface area (Å²) in [7, 11) is 0. The van der Waals surface area contributed by atoms with Crippen molar-refractivity contribution in [2.45, 2.75) is 46.1 Å². The number of hydrogen-bond donors (Lipinski definition) is 1. The van der Waals surface area contributed by atoms with Crippen LogP contribution in [0.5, 0.6) is 0 Å². The summed E-state index contributed by atoms with van der Waals surface area (Å²) in [4.78, 5) is 0. The Morgan fingerprint density at radius 3 is 2.62 bits per heavy atom. The highest BCUT2D eigenvalue weighted by molar-refractivity contribution is 6.30. The maximum atomic E-state index is 6.07. The van der Waals surface area contributed by atoms with Gasteiger partial charge in [0.25, 0.3) is 0 Å². The fourth-order valence-electron chi connectivity index (χ4n) is 1.96. The van der Waals surface area contributed by atoms with E-state index in [9.17, 15) is 0 Å². The first-order valence-electron chi connectivity index (χ1n) is 6.18. The van der Waals surface area contributed by atoms with Crippen LogP contribution < -0.4 is 5.32 Å². The molecule has 1 rings (SSSR count). The van der Waals surface area contributed by atoms with E-state index in [1.165, 1.54) is 30.4 Å². The molecule has 0 aliphatic rings. The first kappa shape index (κ1) is 13.5. The summed E-state index contributed by atoms with van der Waals surface area (Å²) in [5.74, 6) is 0. The standard InChI is InChI=1S/C14H22ClN/c1-4-6-14(16-9-5-2)13-10-12(15)8-7-11(13)3/h7-8,10,14,16H,4-6,9H2,1-3H3. The largest absolute Gasteiger partial charge is 0.310 e. The molecule has 0 radical (unpaired) electrons. The summed E-state index contributed by atoms with van der Waals surface area (Å²) in [6.07, 6.45) is 3.52. The first-order valence-corrected chi connectivity index (χ1v) is 6.56. The minimum atomic E-state index is 0.448. The highest BCUT2D eigenvalue weighted by atomic mass is 35.5. The quantitative estimate of drug-likeness (QED) is 0.771. The van der Waals surface area contributed by atoms with Crippen LogP contribution in [0.15, 0.2) is 18.2 Å². The summed E-state index contributed by atoms with van der Waals surface area (Å²) in [6, 6.07) is 6.61. The zero-order valence-electron chi connectivity index (χ0n) is 10.5. The molecule has 1 atom stereocenters. The molecule has 1 aromatic rings. The van der Waals surface area contributed by atoms with Gasteiger partial charge in [-0.1, -0.05) is 37.9 Å². The molecule has 0 heterocycles. The van der Waals surface area contributed by atoms with Gasteiger partial charge >= 0.3 is 0 Å². The number of benzene rings is 1. The predicted octanol–water partition coefficient (Wildman–Crippen LogP) is 4.49. The monoisotopic (exact) mass is 239 g/mol. The second kappa shape index (κ2) is 6.93. The summed E-state index contributed by atoms with van der Waals surface area (Å²) < 4.78 is 0. The van der Waals surface area contributed by atoms with Crippen LogP contribution >= 0.6 is 11.6 Å². The Kier molecular flexibility index (Phi) is 5.86. The van der Waals surface area contributed by atoms with Crippen LogP contribution in [-0.4, -0.2) is 6.54 Å². The highest BCUT2D eigenvalue weighted by Crippen LogP contribution is 2.25. The van der Waals surface area contributed by atoms with Crippen molar-refractivity contribution < 1.29 is 0 Å². The third-order valence-electron chi connectivity index (χ3n) is 2.83. The second-order valence-corrected chi connectivity index (χ2v) is 4.73. The molecule has 90 valence electrons. The van der Waals surface area contributed by atoms with E-state index in [1.54, 1.807) is 0 Å². The normalized spacial score (nSPS) is 12.8. The fourth-order valence-corrected chi connectivity index (χ4v) is 2.14. The molecule has 0 aromatic heterocycles. The Morgan fingerprint density at radius 2 is 2.00 bits per heavy atom. The molecule has 2 heteroatoms. The summed E-state index contributed by atoms with van der Waals surface area (Å²) in [5.41, 5.74) is 2.68. The van der Waals surface area contributed by atoms with Crippen molar-refractivity contribution in [2.24, 2.45) is 0 Å².